The number of likely N-dealkylation sites (tertiary alicyclic amines) is 1. The third kappa shape index (κ3) is 2.42. The lowest BCUT2D eigenvalue weighted by molar-refractivity contribution is -0.133. The van der Waals surface area contributed by atoms with Gasteiger partial charge in [0, 0.05) is 19.1 Å². The molecule has 1 heterocycles. The molecule has 0 spiro atoms. The Hall–Kier alpha value is -0.610. The van der Waals surface area contributed by atoms with Gasteiger partial charge in [0.2, 0.25) is 5.91 Å². The third-order valence-corrected chi connectivity index (χ3v) is 2.75. The molecule has 13 heavy (non-hydrogen) atoms. The molecule has 0 aromatic rings. The Bertz CT molecular complexity index is 184. The van der Waals surface area contributed by atoms with E-state index in [1.54, 1.807) is 0 Å². The van der Waals surface area contributed by atoms with Crippen LogP contribution in [0.2, 0.25) is 0 Å². The Morgan fingerprint density at radius 3 is 2.77 bits per heavy atom. The highest BCUT2D eigenvalue weighted by atomic mass is 16.2. The maximum absolute atomic E-state index is 11.4. The zero-order valence-corrected chi connectivity index (χ0v) is 8.20. The topological polar surface area (TPSA) is 72.3 Å². The summed E-state index contributed by atoms with van der Waals surface area (Å²) < 4.78 is 0. The first-order chi connectivity index (χ1) is 6.19. The van der Waals surface area contributed by atoms with Gasteiger partial charge in [0.25, 0.3) is 0 Å². The molecular formula is C9H19N3O. The lowest BCUT2D eigenvalue weighted by Gasteiger charge is -2.37. The number of piperidine rings is 1. The maximum atomic E-state index is 11.4. The number of nitrogens with zero attached hydrogens (tertiary/aromatic N) is 1. The van der Waals surface area contributed by atoms with Crippen molar-refractivity contribution in [3.8, 4) is 0 Å². The van der Waals surface area contributed by atoms with Crippen LogP contribution >= 0.6 is 0 Å². The zero-order valence-electron chi connectivity index (χ0n) is 8.20. The summed E-state index contributed by atoms with van der Waals surface area (Å²) in [5.41, 5.74) is 10.9. The second kappa shape index (κ2) is 4.58. The van der Waals surface area contributed by atoms with E-state index in [2.05, 4.69) is 6.92 Å². The number of amides is 1. The molecule has 4 N–H and O–H groups in total. The van der Waals surface area contributed by atoms with Crippen molar-refractivity contribution in [1.29, 1.82) is 0 Å². The monoisotopic (exact) mass is 185 g/mol. The number of hydrogen-bond donors (Lipinski definition) is 2. The molecule has 0 saturated carbocycles. The van der Waals surface area contributed by atoms with Gasteiger partial charge >= 0.3 is 0 Å². The molecule has 4 heteroatoms. The van der Waals surface area contributed by atoms with Crippen molar-refractivity contribution in [2.75, 3.05) is 19.6 Å². The number of hydrogen-bond acceptors (Lipinski definition) is 3. The highest BCUT2D eigenvalue weighted by molar-refractivity contribution is 5.78. The normalized spacial score (nSPS) is 29.0. The van der Waals surface area contributed by atoms with Crippen molar-refractivity contribution in [3.63, 3.8) is 0 Å². The van der Waals surface area contributed by atoms with Crippen LogP contribution in [-0.4, -0.2) is 36.5 Å². The van der Waals surface area contributed by atoms with Gasteiger partial charge in [-0.3, -0.25) is 4.79 Å². The first kappa shape index (κ1) is 10.5. The molecule has 4 nitrogen and oxygen atoms in total. The molecule has 0 aromatic heterocycles. The zero-order chi connectivity index (χ0) is 9.84. The van der Waals surface area contributed by atoms with E-state index in [4.69, 9.17) is 11.5 Å². The van der Waals surface area contributed by atoms with Crippen molar-refractivity contribution in [3.05, 3.63) is 0 Å². The van der Waals surface area contributed by atoms with Crippen molar-refractivity contribution in [1.82, 2.24) is 4.90 Å². The smallest absolute Gasteiger partial charge is 0.236 e. The van der Waals surface area contributed by atoms with Crippen LogP contribution in [0.25, 0.3) is 0 Å². The van der Waals surface area contributed by atoms with Gasteiger partial charge in [-0.1, -0.05) is 6.92 Å². The fourth-order valence-electron chi connectivity index (χ4n) is 1.92. The van der Waals surface area contributed by atoms with Gasteiger partial charge in [-0.2, -0.15) is 0 Å². The molecule has 76 valence electrons. The van der Waals surface area contributed by atoms with E-state index in [1.807, 2.05) is 4.90 Å². The Labute approximate surface area is 79.3 Å². The van der Waals surface area contributed by atoms with Crippen LogP contribution in [-0.2, 0) is 4.79 Å². The second-order valence-electron chi connectivity index (χ2n) is 3.81. The SMILES string of the molecule is CC1CCN(C(=O)CN)C(CN)C1. The molecule has 0 aliphatic carbocycles. The highest BCUT2D eigenvalue weighted by Gasteiger charge is 2.27. The average Bonchev–Trinajstić information content (AvgIpc) is 2.16. The van der Waals surface area contributed by atoms with Gasteiger partial charge in [0.05, 0.1) is 6.54 Å². The van der Waals surface area contributed by atoms with E-state index in [-0.39, 0.29) is 18.5 Å². The molecule has 0 aromatic carbocycles. The number of carbonyl (C=O) groups excluding carboxylic acids is 1. The van der Waals surface area contributed by atoms with Gasteiger partial charge in [-0.15, -0.1) is 0 Å². The van der Waals surface area contributed by atoms with Crippen LogP contribution in [0, 0.1) is 5.92 Å². The summed E-state index contributed by atoms with van der Waals surface area (Å²) in [4.78, 5) is 13.2. The molecule has 1 fully saturated rings. The Morgan fingerprint density at radius 1 is 1.54 bits per heavy atom. The fourth-order valence-corrected chi connectivity index (χ4v) is 1.92. The Balaban J connectivity index is 2.57. The molecule has 1 rings (SSSR count). The summed E-state index contributed by atoms with van der Waals surface area (Å²) in [7, 11) is 0. The van der Waals surface area contributed by atoms with E-state index in [0.29, 0.717) is 12.5 Å². The summed E-state index contributed by atoms with van der Waals surface area (Å²) in [6, 6.07) is 0.208. The van der Waals surface area contributed by atoms with E-state index >= 15 is 0 Å². The molecule has 1 saturated heterocycles. The lowest BCUT2D eigenvalue weighted by Crippen LogP contribution is -2.51. The van der Waals surface area contributed by atoms with Crippen LogP contribution in [0.1, 0.15) is 19.8 Å². The van der Waals surface area contributed by atoms with Crippen LogP contribution < -0.4 is 11.5 Å². The predicted octanol–water partition coefficient (Wildman–Crippen LogP) is -0.469. The van der Waals surface area contributed by atoms with Gasteiger partial charge in [0.15, 0.2) is 0 Å². The van der Waals surface area contributed by atoms with E-state index in [0.717, 1.165) is 19.4 Å². The number of nitrogens with two attached hydrogens (primary N) is 2. The molecule has 2 atom stereocenters. The Kier molecular flexibility index (Phi) is 3.69. The molecule has 2 unspecified atom stereocenters. The summed E-state index contributed by atoms with van der Waals surface area (Å²) in [5.74, 6) is 0.706. The van der Waals surface area contributed by atoms with Gasteiger partial charge in [-0.25, -0.2) is 0 Å². The summed E-state index contributed by atoms with van der Waals surface area (Å²) in [6.45, 7) is 3.67. The molecule has 1 amide bonds. The largest absolute Gasteiger partial charge is 0.337 e. The second-order valence-corrected chi connectivity index (χ2v) is 3.81. The molecule has 0 bridgehead atoms. The van der Waals surface area contributed by atoms with E-state index in [9.17, 15) is 4.79 Å². The first-order valence-corrected chi connectivity index (χ1v) is 4.88. The van der Waals surface area contributed by atoms with Crippen LogP contribution in [0.5, 0.6) is 0 Å². The maximum Gasteiger partial charge on any atom is 0.236 e. The summed E-state index contributed by atoms with van der Waals surface area (Å²) in [5, 5.41) is 0. The van der Waals surface area contributed by atoms with Crippen molar-refractivity contribution >= 4 is 5.91 Å². The van der Waals surface area contributed by atoms with Gasteiger partial charge < -0.3 is 16.4 Å². The quantitative estimate of drug-likeness (QED) is 0.611. The third-order valence-electron chi connectivity index (χ3n) is 2.75. The average molecular weight is 185 g/mol. The number of carbonyl (C=O) groups is 1. The van der Waals surface area contributed by atoms with Gasteiger partial charge in [-0.05, 0) is 18.8 Å². The van der Waals surface area contributed by atoms with Crippen LogP contribution in [0.4, 0.5) is 0 Å². The predicted molar refractivity (Wildman–Crippen MR) is 52.0 cm³/mol. The van der Waals surface area contributed by atoms with Crippen molar-refractivity contribution in [2.24, 2.45) is 17.4 Å². The Morgan fingerprint density at radius 2 is 2.23 bits per heavy atom. The van der Waals surface area contributed by atoms with Crippen molar-refractivity contribution in [2.45, 2.75) is 25.8 Å². The highest BCUT2D eigenvalue weighted by Crippen LogP contribution is 2.21. The van der Waals surface area contributed by atoms with Crippen LogP contribution in [0.3, 0.4) is 0 Å². The van der Waals surface area contributed by atoms with Gasteiger partial charge in [0.1, 0.15) is 0 Å². The minimum atomic E-state index is 0.0300. The standard InChI is InChI=1S/C9H19N3O/c1-7-2-3-12(9(13)6-11)8(4-7)5-10/h7-8H,2-6,10-11H2,1H3. The van der Waals surface area contributed by atoms with Crippen LogP contribution in [0.15, 0.2) is 0 Å². The van der Waals surface area contributed by atoms with E-state index < -0.39 is 0 Å². The summed E-state index contributed by atoms with van der Waals surface area (Å²) >= 11 is 0. The minimum absolute atomic E-state index is 0.0300. The lowest BCUT2D eigenvalue weighted by atomic mass is 9.92. The minimum Gasteiger partial charge on any atom is -0.337 e. The molecule has 1 aliphatic heterocycles. The van der Waals surface area contributed by atoms with E-state index in [1.165, 1.54) is 0 Å². The molecular weight excluding hydrogens is 166 g/mol. The fraction of sp³-hybridized carbons (Fsp3) is 0.889. The molecule has 1 aliphatic rings. The molecule has 0 radical (unpaired) electrons. The number of rotatable bonds is 2. The van der Waals surface area contributed by atoms with Crippen molar-refractivity contribution < 1.29 is 4.79 Å². The summed E-state index contributed by atoms with van der Waals surface area (Å²) in [6.07, 6.45) is 2.09. The first-order valence-electron chi connectivity index (χ1n) is 4.88.